The molecule has 1 amide bonds. The number of aryl methyl sites for hydroxylation is 1. The predicted octanol–water partition coefficient (Wildman–Crippen LogP) is 3.72. The number of likely N-dealkylation sites (tertiary alicyclic amines) is 1. The van der Waals surface area contributed by atoms with Crippen LogP contribution in [0, 0.1) is 6.92 Å². The molecular weight excluding hydrogens is 466 g/mol. The van der Waals surface area contributed by atoms with Crippen molar-refractivity contribution in [1.29, 1.82) is 0 Å². The molecule has 0 spiro atoms. The number of fused-ring (bicyclic) bond motifs is 1. The quantitative estimate of drug-likeness (QED) is 0.652. The fourth-order valence-corrected chi connectivity index (χ4v) is 6.73. The molecule has 0 aliphatic carbocycles. The Labute approximate surface area is 207 Å². The third-order valence-corrected chi connectivity index (χ3v) is 8.99. The summed E-state index contributed by atoms with van der Waals surface area (Å²) in [6.45, 7) is 5.14. The number of sulfonamides is 1. The lowest BCUT2D eigenvalue weighted by Gasteiger charge is -2.27. The lowest BCUT2D eigenvalue weighted by Crippen LogP contribution is -2.35. The van der Waals surface area contributed by atoms with Crippen LogP contribution in [0.25, 0.3) is 0 Å². The van der Waals surface area contributed by atoms with E-state index in [-0.39, 0.29) is 23.4 Å². The van der Waals surface area contributed by atoms with E-state index in [1.807, 2.05) is 25.1 Å². The number of carbonyl (C=O) groups is 1. The van der Waals surface area contributed by atoms with Crippen molar-refractivity contribution < 1.29 is 22.7 Å². The lowest BCUT2D eigenvalue weighted by atomic mass is 10.0. The van der Waals surface area contributed by atoms with Crippen molar-refractivity contribution >= 4 is 21.6 Å². The second kappa shape index (κ2) is 10.2. The largest absolute Gasteiger partial charge is 0.486 e. The molecule has 9 heteroatoms. The second-order valence-electron chi connectivity index (χ2n) is 9.52. The number of nitrogens with zero attached hydrogens (tertiary/aromatic N) is 2. The van der Waals surface area contributed by atoms with Gasteiger partial charge in [-0.2, -0.15) is 4.31 Å². The van der Waals surface area contributed by atoms with Crippen LogP contribution < -0.4 is 14.8 Å². The Balaban J connectivity index is 1.28. The first-order chi connectivity index (χ1) is 16.9. The highest BCUT2D eigenvalue weighted by atomic mass is 32.2. The third kappa shape index (κ3) is 5.17. The fourth-order valence-electron chi connectivity index (χ4n) is 5.18. The van der Waals surface area contributed by atoms with Crippen molar-refractivity contribution in [2.75, 3.05) is 44.7 Å². The van der Waals surface area contributed by atoms with Crippen molar-refractivity contribution in [1.82, 2.24) is 9.21 Å². The van der Waals surface area contributed by atoms with E-state index in [2.05, 4.69) is 10.2 Å². The van der Waals surface area contributed by atoms with Gasteiger partial charge in [0.05, 0.1) is 11.4 Å². The van der Waals surface area contributed by atoms with E-state index in [0.717, 1.165) is 61.3 Å². The summed E-state index contributed by atoms with van der Waals surface area (Å²) in [6, 6.07) is 11.1. The van der Waals surface area contributed by atoms with Gasteiger partial charge in [-0.15, -0.1) is 0 Å². The second-order valence-corrected chi connectivity index (χ2v) is 11.5. The Kier molecular flexibility index (Phi) is 7.00. The summed E-state index contributed by atoms with van der Waals surface area (Å²) in [5, 5.41) is 2.97. The third-order valence-electron chi connectivity index (χ3n) is 7.10. The van der Waals surface area contributed by atoms with Gasteiger partial charge >= 0.3 is 0 Å². The molecule has 0 aromatic heterocycles. The van der Waals surface area contributed by atoms with Gasteiger partial charge in [-0.3, -0.25) is 9.69 Å². The number of benzene rings is 2. The van der Waals surface area contributed by atoms with E-state index >= 15 is 0 Å². The monoisotopic (exact) mass is 499 g/mol. The molecule has 8 nitrogen and oxygen atoms in total. The molecule has 3 aliphatic heterocycles. The standard InChI is InChI=1S/C26H33N3O5S/c1-19-7-9-21(35(31,32)29-12-3-2-4-13-29)17-22(19)27-26(30)18-28-11-5-6-23(28)20-8-10-24-25(16-20)34-15-14-33-24/h7-10,16-17,23H,2-6,11-15,18H2,1H3,(H,27,30)/t23-/m1/s1. The average Bonchev–Trinajstić information content (AvgIpc) is 3.33. The smallest absolute Gasteiger partial charge is 0.243 e. The Morgan fingerprint density at radius 3 is 2.54 bits per heavy atom. The molecule has 188 valence electrons. The van der Waals surface area contributed by atoms with E-state index in [9.17, 15) is 13.2 Å². The zero-order valence-electron chi connectivity index (χ0n) is 20.2. The number of hydrogen-bond donors (Lipinski definition) is 1. The van der Waals surface area contributed by atoms with Crippen LogP contribution in [0.3, 0.4) is 0 Å². The molecule has 3 heterocycles. The highest BCUT2D eigenvalue weighted by molar-refractivity contribution is 7.89. The minimum atomic E-state index is -3.56. The van der Waals surface area contributed by atoms with Crippen LogP contribution in [0.15, 0.2) is 41.3 Å². The van der Waals surface area contributed by atoms with Gasteiger partial charge in [-0.25, -0.2) is 8.42 Å². The Morgan fingerprint density at radius 1 is 0.971 bits per heavy atom. The summed E-state index contributed by atoms with van der Waals surface area (Å²) in [7, 11) is -3.56. The van der Waals surface area contributed by atoms with Gasteiger partial charge in [-0.1, -0.05) is 18.6 Å². The molecule has 3 aliphatic rings. The number of carbonyl (C=O) groups excluding carboxylic acids is 1. The Hall–Kier alpha value is -2.62. The number of piperidine rings is 1. The minimum absolute atomic E-state index is 0.128. The number of hydrogen-bond acceptors (Lipinski definition) is 6. The molecule has 1 atom stereocenters. The topological polar surface area (TPSA) is 88.2 Å². The van der Waals surface area contributed by atoms with E-state index in [0.29, 0.717) is 32.0 Å². The zero-order chi connectivity index (χ0) is 24.4. The molecule has 0 bridgehead atoms. The van der Waals surface area contributed by atoms with Gasteiger partial charge in [-0.05, 0) is 74.5 Å². The minimum Gasteiger partial charge on any atom is -0.486 e. The molecule has 35 heavy (non-hydrogen) atoms. The number of amides is 1. The van der Waals surface area contributed by atoms with E-state index in [4.69, 9.17) is 9.47 Å². The van der Waals surface area contributed by atoms with Crippen LogP contribution in [-0.4, -0.2) is 62.9 Å². The van der Waals surface area contributed by atoms with Crippen molar-refractivity contribution in [3.05, 3.63) is 47.5 Å². The van der Waals surface area contributed by atoms with Gasteiger partial charge in [0.15, 0.2) is 11.5 Å². The zero-order valence-corrected chi connectivity index (χ0v) is 21.0. The molecule has 0 radical (unpaired) electrons. The summed E-state index contributed by atoms with van der Waals surface area (Å²) in [5.74, 6) is 1.37. The predicted molar refractivity (Wildman–Crippen MR) is 133 cm³/mol. The maximum atomic E-state index is 13.1. The van der Waals surface area contributed by atoms with Gasteiger partial charge in [0.25, 0.3) is 0 Å². The summed E-state index contributed by atoms with van der Waals surface area (Å²) in [6.07, 6.45) is 4.81. The normalized spacial score (nSPS) is 21.1. The number of nitrogens with one attached hydrogen (secondary N) is 1. The van der Waals surface area contributed by atoms with Gasteiger partial charge in [0, 0.05) is 24.8 Å². The molecule has 2 aromatic carbocycles. The van der Waals surface area contributed by atoms with Gasteiger partial charge < -0.3 is 14.8 Å². The maximum Gasteiger partial charge on any atom is 0.243 e. The highest BCUT2D eigenvalue weighted by Gasteiger charge is 2.30. The van der Waals surface area contributed by atoms with Crippen LogP contribution in [0.1, 0.15) is 49.3 Å². The first kappa shape index (κ1) is 24.1. The first-order valence-electron chi connectivity index (χ1n) is 12.5. The van der Waals surface area contributed by atoms with Crippen molar-refractivity contribution in [3.63, 3.8) is 0 Å². The molecule has 5 rings (SSSR count). The molecule has 2 saturated heterocycles. The molecule has 2 fully saturated rings. The van der Waals surface area contributed by atoms with Crippen LogP contribution in [0.2, 0.25) is 0 Å². The van der Waals surface area contributed by atoms with Crippen molar-refractivity contribution in [2.24, 2.45) is 0 Å². The first-order valence-corrected chi connectivity index (χ1v) is 13.9. The van der Waals surface area contributed by atoms with E-state index < -0.39 is 10.0 Å². The highest BCUT2D eigenvalue weighted by Crippen LogP contribution is 2.38. The summed E-state index contributed by atoms with van der Waals surface area (Å²) < 4.78 is 39.1. The van der Waals surface area contributed by atoms with Crippen LogP contribution >= 0.6 is 0 Å². The van der Waals surface area contributed by atoms with Crippen molar-refractivity contribution in [3.8, 4) is 11.5 Å². The molecular formula is C26H33N3O5S. The van der Waals surface area contributed by atoms with E-state index in [1.165, 1.54) is 0 Å². The molecule has 1 N–H and O–H groups in total. The van der Waals surface area contributed by atoms with Crippen LogP contribution in [0.5, 0.6) is 11.5 Å². The number of ether oxygens (including phenoxy) is 2. The van der Waals surface area contributed by atoms with Crippen molar-refractivity contribution in [2.45, 2.75) is 50.0 Å². The molecule has 0 unspecified atom stereocenters. The summed E-state index contributed by atoms with van der Waals surface area (Å²) in [4.78, 5) is 15.4. The SMILES string of the molecule is Cc1ccc(S(=O)(=O)N2CCCCC2)cc1NC(=O)CN1CCC[C@@H]1c1ccc2c(c1)OCCO2. The van der Waals surface area contributed by atoms with Gasteiger partial charge in [0.2, 0.25) is 15.9 Å². The summed E-state index contributed by atoms with van der Waals surface area (Å²) >= 11 is 0. The maximum absolute atomic E-state index is 13.1. The number of rotatable bonds is 6. The molecule has 2 aromatic rings. The Morgan fingerprint density at radius 2 is 1.74 bits per heavy atom. The van der Waals surface area contributed by atoms with Crippen LogP contribution in [-0.2, 0) is 14.8 Å². The summed E-state index contributed by atoms with van der Waals surface area (Å²) in [5.41, 5.74) is 2.49. The lowest BCUT2D eigenvalue weighted by molar-refractivity contribution is -0.117. The van der Waals surface area contributed by atoms with Crippen LogP contribution in [0.4, 0.5) is 5.69 Å². The number of anilines is 1. The Bertz CT molecular complexity index is 1190. The van der Waals surface area contributed by atoms with Gasteiger partial charge in [0.1, 0.15) is 13.2 Å². The fraction of sp³-hybridized carbons (Fsp3) is 0.500. The van der Waals surface area contributed by atoms with E-state index in [1.54, 1.807) is 22.5 Å². The average molecular weight is 500 g/mol. The molecule has 0 saturated carbocycles.